The van der Waals surface area contributed by atoms with Crippen LogP contribution in [0.1, 0.15) is 36.0 Å². The molecular weight excluding hydrogens is 412 g/mol. The fourth-order valence-corrected chi connectivity index (χ4v) is 4.27. The van der Waals surface area contributed by atoms with Crippen LogP contribution in [-0.2, 0) is 19.4 Å². The number of nitrogens with one attached hydrogen (secondary N) is 1. The summed E-state index contributed by atoms with van der Waals surface area (Å²) in [5, 5.41) is 22.9. The van der Waals surface area contributed by atoms with Gasteiger partial charge in [-0.3, -0.25) is 4.90 Å². The normalized spacial score (nSPS) is 14.2. The molecule has 3 aromatic rings. The van der Waals surface area contributed by atoms with Crippen molar-refractivity contribution in [3.63, 3.8) is 0 Å². The maximum Gasteiger partial charge on any atom is 0.119 e. The molecule has 3 N–H and O–H groups in total. The van der Waals surface area contributed by atoms with E-state index >= 15 is 0 Å². The average Bonchev–Trinajstić information content (AvgIpc) is 2.84. The third kappa shape index (κ3) is 7.16. The van der Waals surface area contributed by atoms with E-state index in [1.54, 1.807) is 24.3 Å². The molecule has 3 aromatic carbocycles. The lowest BCUT2D eigenvalue weighted by atomic mass is 10.0. The quantitative estimate of drug-likeness (QED) is 0.391. The van der Waals surface area contributed by atoms with Gasteiger partial charge in [0.25, 0.3) is 0 Å². The van der Waals surface area contributed by atoms with Crippen molar-refractivity contribution in [2.75, 3.05) is 31.6 Å². The number of aryl methyl sites for hydroxylation is 2. The molecule has 1 aliphatic heterocycles. The minimum atomic E-state index is 0.253. The molecule has 0 atom stereocenters. The number of hydrogen-bond acceptors (Lipinski definition) is 5. The molecule has 4 rings (SSSR count). The van der Waals surface area contributed by atoms with Crippen LogP contribution in [0.4, 0.5) is 5.69 Å². The van der Waals surface area contributed by atoms with Crippen LogP contribution in [-0.4, -0.2) is 41.4 Å². The largest absolute Gasteiger partial charge is 0.508 e. The van der Waals surface area contributed by atoms with Crippen molar-refractivity contribution in [3.05, 3.63) is 83.4 Å². The number of likely N-dealkylation sites (tertiary alicyclic amines) is 1. The highest BCUT2D eigenvalue weighted by atomic mass is 16.5. The first-order valence-electron chi connectivity index (χ1n) is 11.9. The first-order valence-corrected chi connectivity index (χ1v) is 11.9. The molecule has 0 spiro atoms. The van der Waals surface area contributed by atoms with Gasteiger partial charge in [-0.1, -0.05) is 36.8 Å². The molecule has 1 aliphatic rings. The molecule has 1 saturated heterocycles. The number of anilines is 1. The Morgan fingerprint density at radius 1 is 0.758 bits per heavy atom. The number of ether oxygens (including phenoxy) is 1. The van der Waals surface area contributed by atoms with E-state index in [4.69, 9.17) is 4.74 Å². The van der Waals surface area contributed by atoms with Crippen molar-refractivity contribution in [1.29, 1.82) is 0 Å². The second-order valence-electron chi connectivity index (χ2n) is 8.76. The molecule has 0 radical (unpaired) electrons. The van der Waals surface area contributed by atoms with Gasteiger partial charge in [0.1, 0.15) is 23.9 Å². The Kier molecular flexibility index (Phi) is 8.09. The van der Waals surface area contributed by atoms with E-state index < -0.39 is 0 Å². The molecular formula is C28H34N2O3. The summed E-state index contributed by atoms with van der Waals surface area (Å²) in [7, 11) is 0. The lowest BCUT2D eigenvalue weighted by Gasteiger charge is -2.26. The Morgan fingerprint density at radius 2 is 1.45 bits per heavy atom. The number of nitrogens with zero attached hydrogens (tertiary/aromatic N) is 1. The Hall–Kier alpha value is -3.18. The SMILES string of the molecule is Oc1ccc(CCc2ccc(O)cc2NCc2ccc(OCCN3CCCCC3)cc2)cc1. The highest BCUT2D eigenvalue weighted by Gasteiger charge is 2.09. The molecule has 5 heteroatoms. The summed E-state index contributed by atoms with van der Waals surface area (Å²) < 4.78 is 5.93. The van der Waals surface area contributed by atoms with Gasteiger partial charge in [-0.25, -0.2) is 0 Å². The summed E-state index contributed by atoms with van der Waals surface area (Å²) in [6, 6.07) is 21.0. The van der Waals surface area contributed by atoms with E-state index in [1.807, 2.05) is 30.3 Å². The van der Waals surface area contributed by atoms with Crippen molar-refractivity contribution < 1.29 is 14.9 Å². The topological polar surface area (TPSA) is 65.0 Å². The van der Waals surface area contributed by atoms with Crippen LogP contribution in [0.15, 0.2) is 66.7 Å². The molecule has 1 fully saturated rings. The summed E-state index contributed by atoms with van der Waals surface area (Å²) in [6.07, 6.45) is 5.68. The first kappa shape index (κ1) is 23.0. The van der Waals surface area contributed by atoms with E-state index in [2.05, 4.69) is 22.3 Å². The fraction of sp³-hybridized carbons (Fsp3) is 0.357. The Balaban J connectivity index is 1.28. The van der Waals surface area contributed by atoms with Crippen molar-refractivity contribution in [2.45, 2.75) is 38.6 Å². The van der Waals surface area contributed by atoms with Gasteiger partial charge < -0.3 is 20.3 Å². The van der Waals surface area contributed by atoms with Crippen LogP contribution in [0.5, 0.6) is 17.2 Å². The number of benzene rings is 3. The minimum absolute atomic E-state index is 0.253. The summed E-state index contributed by atoms with van der Waals surface area (Å²) >= 11 is 0. The highest BCUT2D eigenvalue weighted by molar-refractivity contribution is 5.55. The second-order valence-corrected chi connectivity index (χ2v) is 8.76. The summed E-state index contributed by atoms with van der Waals surface area (Å²) in [5.41, 5.74) is 4.42. The number of phenolic OH excluding ortho intramolecular Hbond substituents is 2. The Bertz CT molecular complexity index is 997. The Morgan fingerprint density at radius 3 is 2.21 bits per heavy atom. The minimum Gasteiger partial charge on any atom is -0.508 e. The zero-order chi connectivity index (χ0) is 22.9. The highest BCUT2D eigenvalue weighted by Crippen LogP contribution is 2.25. The van der Waals surface area contributed by atoms with Crippen LogP contribution in [0.25, 0.3) is 0 Å². The smallest absolute Gasteiger partial charge is 0.119 e. The molecule has 174 valence electrons. The molecule has 0 aliphatic carbocycles. The maximum absolute atomic E-state index is 9.98. The first-order chi connectivity index (χ1) is 16.2. The van der Waals surface area contributed by atoms with Crippen LogP contribution < -0.4 is 10.1 Å². The van der Waals surface area contributed by atoms with E-state index in [0.29, 0.717) is 6.54 Å². The summed E-state index contributed by atoms with van der Waals surface area (Å²) in [4.78, 5) is 2.48. The number of piperidine rings is 1. The van der Waals surface area contributed by atoms with Gasteiger partial charge >= 0.3 is 0 Å². The Labute approximate surface area is 196 Å². The number of hydrogen-bond donors (Lipinski definition) is 3. The molecule has 0 amide bonds. The lowest BCUT2D eigenvalue weighted by Crippen LogP contribution is -2.33. The molecule has 0 saturated carbocycles. The van der Waals surface area contributed by atoms with Crippen LogP contribution in [0, 0.1) is 0 Å². The van der Waals surface area contributed by atoms with Gasteiger partial charge in [0.2, 0.25) is 0 Å². The van der Waals surface area contributed by atoms with Crippen molar-refractivity contribution >= 4 is 5.69 Å². The van der Waals surface area contributed by atoms with E-state index in [0.717, 1.165) is 48.6 Å². The fourth-order valence-electron chi connectivity index (χ4n) is 4.27. The van der Waals surface area contributed by atoms with E-state index in [1.165, 1.54) is 37.9 Å². The van der Waals surface area contributed by atoms with Crippen LogP contribution in [0.2, 0.25) is 0 Å². The molecule has 5 nitrogen and oxygen atoms in total. The predicted octanol–water partition coefficient (Wildman–Crippen LogP) is 5.36. The van der Waals surface area contributed by atoms with Gasteiger partial charge in [-0.2, -0.15) is 0 Å². The van der Waals surface area contributed by atoms with Crippen LogP contribution >= 0.6 is 0 Å². The van der Waals surface area contributed by atoms with Crippen molar-refractivity contribution in [3.8, 4) is 17.2 Å². The zero-order valence-electron chi connectivity index (χ0n) is 19.2. The van der Waals surface area contributed by atoms with Gasteiger partial charge in [0.15, 0.2) is 0 Å². The van der Waals surface area contributed by atoms with E-state index in [9.17, 15) is 10.2 Å². The third-order valence-corrected chi connectivity index (χ3v) is 6.24. The van der Waals surface area contributed by atoms with Crippen LogP contribution in [0.3, 0.4) is 0 Å². The lowest BCUT2D eigenvalue weighted by molar-refractivity contribution is 0.183. The molecule has 0 bridgehead atoms. The summed E-state index contributed by atoms with van der Waals surface area (Å²) in [5.74, 6) is 1.44. The van der Waals surface area contributed by atoms with Gasteiger partial charge in [0.05, 0.1) is 0 Å². The van der Waals surface area contributed by atoms with Crippen molar-refractivity contribution in [2.24, 2.45) is 0 Å². The maximum atomic E-state index is 9.98. The molecule has 1 heterocycles. The van der Waals surface area contributed by atoms with Crippen molar-refractivity contribution in [1.82, 2.24) is 4.90 Å². The van der Waals surface area contributed by atoms with Gasteiger partial charge in [-0.05, 0) is 85.8 Å². The molecule has 33 heavy (non-hydrogen) atoms. The number of phenols is 2. The standard InChI is InChI=1S/C28H34N2O3/c31-25-11-5-22(6-12-25)4-9-24-10-13-26(32)20-28(24)29-21-23-7-14-27(15-8-23)33-19-18-30-16-2-1-3-17-30/h5-8,10-15,20,29,31-32H,1-4,9,16-19,21H2. The second kappa shape index (κ2) is 11.6. The predicted molar refractivity (Wildman–Crippen MR) is 133 cm³/mol. The number of aromatic hydroxyl groups is 2. The summed E-state index contributed by atoms with van der Waals surface area (Å²) in [6.45, 7) is 4.78. The zero-order valence-corrected chi connectivity index (χ0v) is 19.2. The van der Waals surface area contributed by atoms with E-state index in [-0.39, 0.29) is 11.5 Å². The monoisotopic (exact) mass is 446 g/mol. The van der Waals surface area contributed by atoms with Gasteiger partial charge in [0, 0.05) is 24.8 Å². The molecule has 0 aromatic heterocycles. The average molecular weight is 447 g/mol. The molecule has 0 unspecified atom stereocenters. The number of rotatable bonds is 10. The van der Waals surface area contributed by atoms with Gasteiger partial charge in [-0.15, -0.1) is 0 Å². The third-order valence-electron chi connectivity index (χ3n) is 6.24.